The van der Waals surface area contributed by atoms with E-state index in [-0.39, 0.29) is 5.97 Å². The molecule has 0 fully saturated rings. The summed E-state index contributed by atoms with van der Waals surface area (Å²) in [5.41, 5.74) is 2.28. The van der Waals surface area contributed by atoms with E-state index in [9.17, 15) is 4.79 Å². The van der Waals surface area contributed by atoms with E-state index >= 15 is 0 Å². The molecule has 0 saturated heterocycles. The summed E-state index contributed by atoms with van der Waals surface area (Å²) in [4.78, 5) is 11.7. The smallest absolute Gasteiger partial charge is 0.333 e. The fraction of sp³-hybridized carbons (Fsp3) is 0.800. The SMILES string of the molecule is CCOC(=O)C1(C)CC([Si](C)(C)C)=NN1. The van der Waals surface area contributed by atoms with Crippen LogP contribution in [0.15, 0.2) is 5.10 Å². The fourth-order valence-corrected chi connectivity index (χ4v) is 2.72. The minimum Gasteiger partial charge on any atom is -0.464 e. The molecule has 0 spiro atoms. The minimum absolute atomic E-state index is 0.206. The molecule has 0 saturated carbocycles. The first-order chi connectivity index (χ1) is 6.79. The Morgan fingerprint density at radius 1 is 1.60 bits per heavy atom. The van der Waals surface area contributed by atoms with E-state index in [2.05, 4.69) is 30.2 Å². The summed E-state index contributed by atoms with van der Waals surface area (Å²) in [6.07, 6.45) is 0.682. The van der Waals surface area contributed by atoms with Gasteiger partial charge in [0.15, 0.2) is 5.54 Å². The van der Waals surface area contributed by atoms with Crippen LogP contribution in [0.5, 0.6) is 0 Å². The second-order valence-corrected chi connectivity index (χ2v) is 10.2. The number of hydrogen-bond acceptors (Lipinski definition) is 4. The van der Waals surface area contributed by atoms with Gasteiger partial charge in [0, 0.05) is 11.8 Å². The standard InChI is InChI=1S/C10H20N2O2Si/c1-6-14-9(13)10(2)7-8(11-12-10)15(3,4)5/h12H,6-7H2,1-5H3. The molecule has 15 heavy (non-hydrogen) atoms. The topological polar surface area (TPSA) is 50.7 Å². The number of carbonyl (C=O) groups excluding carboxylic acids is 1. The number of nitrogens with one attached hydrogen (secondary N) is 1. The largest absolute Gasteiger partial charge is 0.464 e. The molecule has 1 unspecified atom stereocenters. The third-order valence-electron chi connectivity index (χ3n) is 2.55. The number of nitrogens with zero attached hydrogens (tertiary/aromatic N) is 1. The number of esters is 1. The number of hydrogen-bond donors (Lipinski definition) is 1. The summed E-state index contributed by atoms with van der Waals surface area (Å²) in [5.74, 6) is -0.206. The Morgan fingerprint density at radius 3 is 2.60 bits per heavy atom. The van der Waals surface area contributed by atoms with Crippen molar-refractivity contribution in [1.82, 2.24) is 5.43 Å². The number of ether oxygens (including phenoxy) is 1. The molecule has 1 aliphatic rings. The normalized spacial score (nSPS) is 25.8. The highest BCUT2D eigenvalue weighted by molar-refractivity contribution is 7.04. The highest BCUT2D eigenvalue weighted by Gasteiger charge is 2.43. The molecule has 0 aromatic heterocycles. The minimum atomic E-state index is -1.40. The van der Waals surface area contributed by atoms with Gasteiger partial charge in [-0.25, -0.2) is 4.79 Å². The molecule has 1 N–H and O–H groups in total. The van der Waals surface area contributed by atoms with Crippen molar-refractivity contribution in [3.8, 4) is 0 Å². The Bertz CT molecular complexity index is 296. The number of hydrazone groups is 1. The van der Waals surface area contributed by atoms with Crippen LogP contribution in [0.1, 0.15) is 20.3 Å². The summed E-state index contributed by atoms with van der Waals surface area (Å²) >= 11 is 0. The van der Waals surface area contributed by atoms with Gasteiger partial charge in [0.25, 0.3) is 0 Å². The molecule has 1 atom stereocenters. The maximum Gasteiger partial charge on any atom is 0.333 e. The molecule has 0 bridgehead atoms. The third-order valence-corrected chi connectivity index (χ3v) is 4.57. The summed E-state index contributed by atoms with van der Waals surface area (Å²) in [6.45, 7) is 10.8. The lowest BCUT2D eigenvalue weighted by atomic mass is 10.0. The van der Waals surface area contributed by atoms with Gasteiger partial charge in [-0.3, -0.25) is 5.43 Å². The van der Waals surface area contributed by atoms with E-state index in [1.807, 2.05) is 13.8 Å². The van der Waals surface area contributed by atoms with E-state index in [4.69, 9.17) is 4.74 Å². The van der Waals surface area contributed by atoms with Gasteiger partial charge in [0.05, 0.1) is 14.7 Å². The second-order valence-electron chi connectivity index (χ2n) is 5.15. The van der Waals surface area contributed by atoms with Gasteiger partial charge in [-0.05, 0) is 13.8 Å². The number of rotatable bonds is 3. The van der Waals surface area contributed by atoms with Gasteiger partial charge < -0.3 is 4.74 Å². The van der Waals surface area contributed by atoms with Crippen molar-refractivity contribution in [1.29, 1.82) is 0 Å². The van der Waals surface area contributed by atoms with Crippen LogP contribution < -0.4 is 5.43 Å². The van der Waals surface area contributed by atoms with Crippen LogP contribution in [0, 0.1) is 0 Å². The zero-order valence-electron chi connectivity index (χ0n) is 10.2. The van der Waals surface area contributed by atoms with Crippen molar-refractivity contribution in [2.45, 2.75) is 45.4 Å². The van der Waals surface area contributed by atoms with Gasteiger partial charge in [0.1, 0.15) is 0 Å². The Balaban J connectivity index is 2.70. The lowest BCUT2D eigenvalue weighted by molar-refractivity contribution is -0.149. The molecule has 0 aromatic carbocycles. The predicted molar refractivity (Wildman–Crippen MR) is 63.6 cm³/mol. The van der Waals surface area contributed by atoms with Crippen molar-refractivity contribution in [3.05, 3.63) is 0 Å². The molecule has 86 valence electrons. The maximum absolute atomic E-state index is 11.7. The Hall–Kier alpha value is -0.843. The van der Waals surface area contributed by atoms with Crippen LogP contribution in [0.4, 0.5) is 0 Å². The molecule has 1 aliphatic heterocycles. The molecule has 0 radical (unpaired) electrons. The monoisotopic (exact) mass is 228 g/mol. The highest BCUT2D eigenvalue weighted by atomic mass is 28.3. The molecule has 1 rings (SSSR count). The molecule has 0 aromatic rings. The Kier molecular flexibility index (Phi) is 3.23. The average molecular weight is 228 g/mol. The lowest BCUT2D eigenvalue weighted by Crippen LogP contribution is -2.46. The van der Waals surface area contributed by atoms with Gasteiger partial charge in [0.2, 0.25) is 0 Å². The van der Waals surface area contributed by atoms with Crippen LogP contribution in [0.2, 0.25) is 19.6 Å². The van der Waals surface area contributed by atoms with Gasteiger partial charge in [-0.1, -0.05) is 19.6 Å². The van der Waals surface area contributed by atoms with E-state index in [1.165, 1.54) is 0 Å². The zero-order valence-corrected chi connectivity index (χ0v) is 11.2. The van der Waals surface area contributed by atoms with Gasteiger partial charge in [-0.15, -0.1) is 0 Å². The first-order valence-electron chi connectivity index (χ1n) is 5.31. The lowest BCUT2D eigenvalue weighted by Gasteiger charge is -2.22. The van der Waals surface area contributed by atoms with Crippen molar-refractivity contribution < 1.29 is 9.53 Å². The Labute approximate surface area is 92.1 Å². The summed E-state index contributed by atoms with van der Waals surface area (Å²) in [5, 5.41) is 5.44. The molecule has 0 aliphatic carbocycles. The van der Waals surface area contributed by atoms with Crippen LogP contribution in [-0.4, -0.2) is 31.5 Å². The number of carbonyl (C=O) groups is 1. The summed E-state index contributed by atoms with van der Waals surface area (Å²) < 4.78 is 5.03. The van der Waals surface area contributed by atoms with Gasteiger partial charge in [-0.2, -0.15) is 5.10 Å². The van der Waals surface area contributed by atoms with Gasteiger partial charge >= 0.3 is 5.97 Å². The quantitative estimate of drug-likeness (QED) is 0.589. The van der Waals surface area contributed by atoms with Crippen molar-refractivity contribution >= 4 is 19.4 Å². The molecule has 1 heterocycles. The van der Waals surface area contributed by atoms with Crippen LogP contribution >= 0.6 is 0 Å². The molecule has 5 heteroatoms. The van der Waals surface area contributed by atoms with Crippen molar-refractivity contribution in [3.63, 3.8) is 0 Å². The average Bonchev–Trinajstić information content (AvgIpc) is 2.49. The molecule has 4 nitrogen and oxygen atoms in total. The summed E-state index contributed by atoms with van der Waals surface area (Å²) in [6, 6.07) is 0. The van der Waals surface area contributed by atoms with Crippen LogP contribution in [-0.2, 0) is 9.53 Å². The summed E-state index contributed by atoms with van der Waals surface area (Å²) in [7, 11) is -1.40. The van der Waals surface area contributed by atoms with E-state index in [0.717, 1.165) is 5.33 Å². The van der Waals surface area contributed by atoms with Crippen LogP contribution in [0.3, 0.4) is 0 Å². The molecular weight excluding hydrogens is 208 g/mol. The van der Waals surface area contributed by atoms with E-state index in [0.29, 0.717) is 13.0 Å². The highest BCUT2D eigenvalue weighted by Crippen LogP contribution is 2.23. The van der Waals surface area contributed by atoms with E-state index < -0.39 is 13.6 Å². The second kappa shape index (κ2) is 3.96. The first kappa shape index (κ1) is 12.2. The molecular formula is C10H20N2O2Si. The zero-order chi connectivity index (χ0) is 11.7. The van der Waals surface area contributed by atoms with E-state index in [1.54, 1.807) is 0 Å². The van der Waals surface area contributed by atoms with Crippen molar-refractivity contribution in [2.75, 3.05) is 6.61 Å². The molecule has 0 amide bonds. The fourth-order valence-electron chi connectivity index (χ4n) is 1.45. The van der Waals surface area contributed by atoms with Crippen LogP contribution in [0.25, 0.3) is 0 Å². The van der Waals surface area contributed by atoms with Crippen molar-refractivity contribution in [2.24, 2.45) is 5.10 Å². The third kappa shape index (κ3) is 2.59. The predicted octanol–water partition coefficient (Wildman–Crippen LogP) is 1.53. The first-order valence-corrected chi connectivity index (χ1v) is 8.81. The Morgan fingerprint density at radius 2 is 2.20 bits per heavy atom. The maximum atomic E-state index is 11.7.